The number of para-hydroxylation sites is 2. The molecule has 0 radical (unpaired) electrons. The number of amides is 1. The summed E-state index contributed by atoms with van der Waals surface area (Å²) in [5.41, 5.74) is 3.62. The number of hydrogen-bond donors (Lipinski definition) is 1. The second kappa shape index (κ2) is 8.75. The second-order valence-electron chi connectivity index (χ2n) is 6.40. The van der Waals surface area contributed by atoms with Gasteiger partial charge < -0.3 is 14.6 Å². The number of benzene rings is 2. The molecule has 1 amide bonds. The fourth-order valence-electron chi connectivity index (χ4n) is 3.07. The topological polar surface area (TPSA) is 56.1 Å². The fourth-order valence-corrected chi connectivity index (χ4v) is 3.94. The number of rotatable bonds is 7. The Hall–Kier alpha value is -3.38. The van der Waals surface area contributed by atoms with Crippen LogP contribution in [0.5, 0.6) is 5.75 Å². The molecule has 0 bridgehead atoms. The molecular formula is C23H21N3O2S. The molecule has 0 saturated carbocycles. The Morgan fingerprint density at radius 3 is 2.69 bits per heavy atom. The maximum Gasteiger partial charge on any atom is 0.244 e. The normalized spacial score (nSPS) is 10.7. The Morgan fingerprint density at radius 2 is 1.86 bits per heavy atom. The van der Waals surface area contributed by atoms with E-state index in [0.29, 0.717) is 18.0 Å². The molecule has 6 heteroatoms. The minimum Gasteiger partial charge on any atom is -0.492 e. The third-order valence-corrected chi connectivity index (χ3v) is 5.26. The highest BCUT2D eigenvalue weighted by Gasteiger charge is 2.13. The van der Waals surface area contributed by atoms with Gasteiger partial charge in [-0.15, -0.1) is 11.3 Å². The molecule has 0 saturated heterocycles. The molecule has 2 aromatic carbocycles. The summed E-state index contributed by atoms with van der Waals surface area (Å²) in [4.78, 5) is 17.4. The number of hydrogen-bond acceptors (Lipinski definition) is 4. The predicted octanol–water partition coefficient (Wildman–Crippen LogP) is 5.32. The van der Waals surface area contributed by atoms with E-state index in [1.165, 1.54) is 0 Å². The van der Waals surface area contributed by atoms with Gasteiger partial charge in [0.1, 0.15) is 17.3 Å². The lowest BCUT2D eigenvalue weighted by atomic mass is 10.2. The SMILES string of the molecule is CCOc1ccccc1NC(=O)Cn1cccc1-c1nc(-c2ccccc2)cs1. The van der Waals surface area contributed by atoms with Crippen molar-refractivity contribution in [1.29, 1.82) is 0 Å². The molecule has 4 rings (SSSR count). The van der Waals surface area contributed by atoms with Gasteiger partial charge in [0, 0.05) is 17.1 Å². The molecule has 5 nitrogen and oxygen atoms in total. The van der Waals surface area contributed by atoms with Crippen LogP contribution in [0.15, 0.2) is 78.3 Å². The van der Waals surface area contributed by atoms with E-state index >= 15 is 0 Å². The van der Waals surface area contributed by atoms with Crippen LogP contribution in [0.3, 0.4) is 0 Å². The first kappa shape index (κ1) is 19.0. The number of nitrogens with zero attached hydrogens (tertiary/aromatic N) is 2. The molecule has 0 atom stereocenters. The number of aromatic nitrogens is 2. The van der Waals surface area contributed by atoms with Crippen molar-refractivity contribution in [2.45, 2.75) is 13.5 Å². The van der Waals surface area contributed by atoms with Crippen LogP contribution < -0.4 is 10.1 Å². The number of carbonyl (C=O) groups excluding carboxylic acids is 1. The highest BCUT2D eigenvalue weighted by molar-refractivity contribution is 7.13. The Kier molecular flexibility index (Phi) is 5.72. The molecule has 0 aliphatic rings. The summed E-state index contributed by atoms with van der Waals surface area (Å²) in [5.74, 6) is 0.554. The molecule has 0 fully saturated rings. The van der Waals surface area contributed by atoms with Gasteiger partial charge in [0.15, 0.2) is 0 Å². The first-order valence-electron chi connectivity index (χ1n) is 9.42. The highest BCUT2D eigenvalue weighted by Crippen LogP contribution is 2.29. The van der Waals surface area contributed by atoms with Crippen molar-refractivity contribution in [3.63, 3.8) is 0 Å². The Bertz CT molecular complexity index is 1100. The van der Waals surface area contributed by atoms with E-state index in [2.05, 4.69) is 5.32 Å². The van der Waals surface area contributed by atoms with Gasteiger partial charge in [-0.05, 0) is 31.2 Å². The van der Waals surface area contributed by atoms with Crippen LogP contribution >= 0.6 is 11.3 Å². The molecule has 2 aromatic heterocycles. The Labute approximate surface area is 173 Å². The third kappa shape index (κ3) is 4.38. The summed E-state index contributed by atoms with van der Waals surface area (Å²) in [6.07, 6.45) is 1.90. The monoisotopic (exact) mass is 403 g/mol. The first-order chi connectivity index (χ1) is 14.2. The second-order valence-corrected chi connectivity index (χ2v) is 7.26. The summed E-state index contributed by atoms with van der Waals surface area (Å²) in [7, 11) is 0. The van der Waals surface area contributed by atoms with E-state index in [4.69, 9.17) is 9.72 Å². The van der Waals surface area contributed by atoms with Crippen molar-refractivity contribution in [2.24, 2.45) is 0 Å². The molecule has 0 aliphatic heterocycles. The van der Waals surface area contributed by atoms with Crippen molar-refractivity contribution < 1.29 is 9.53 Å². The van der Waals surface area contributed by atoms with Crippen LogP contribution in [-0.4, -0.2) is 22.1 Å². The lowest BCUT2D eigenvalue weighted by Crippen LogP contribution is -2.19. The van der Waals surface area contributed by atoms with E-state index in [1.807, 2.05) is 89.8 Å². The number of ether oxygens (including phenoxy) is 1. The van der Waals surface area contributed by atoms with E-state index in [1.54, 1.807) is 11.3 Å². The molecule has 4 aromatic rings. The van der Waals surface area contributed by atoms with Crippen LogP contribution in [0.4, 0.5) is 5.69 Å². The van der Waals surface area contributed by atoms with Gasteiger partial charge in [-0.1, -0.05) is 42.5 Å². The van der Waals surface area contributed by atoms with Crippen LogP contribution in [0.25, 0.3) is 22.0 Å². The van der Waals surface area contributed by atoms with Crippen molar-refractivity contribution >= 4 is 22.9 Å². The molecular weight excluding hydrogens is 382 g/mol. The minimum absolute atomic E-state index is 0.116. The van der Waals surface area contributed by atoms with Gasteiger partial charge in [0.05, 0.1) is 23.7 Å². The first-order valence-corrected chi connectivity index (χ1v) is 10.3. The van der Waals surface area contributed by atoms with Crippen molar-refractivity contribution in [2.75, 3.05) is 11.9 Å². The molecule has 29 heavy (non-hydrogen) atoms. The summed E-state index contributed by atoms with van der Waals surface area (Å²) >= 11 is 1.57. The van der Waals surface area contributed by atoms with Crippen molar-refractivity contribution in [1.82, 2.24) is 9.55 Å². The number of anilines is 1. The highest BCUT2D eigenvalue weighted by atomic mass is 32.1. The largest absolute Gasteiger partial charge is 0.492 e. The maximum atomic E-state index is 12.6. The van der Waals surface area contributed by atoms with Gasteiger partial charge in [0.2, 0.25) is 5.91 Å². The van der Waals surface area contributed by atoms with Gasteiger partial charge in [-0.3, -0.25) is 4.79 Å². The van der Waals surface area contributed by atoms with E-state index in [-0.39, 0.29) is 12.5 Å². The van der Waals surface area contributed by atoms with Crippen molar-refractivity contribution in [3.8, 4) is 27.7 Å². The fraction of sp³-hybridized carbons (Fsp3) is 0.130. The molecule has 146 valence electrons. The number of carbonyl (C=O) groups is 1. The zero-order chi connectivity index (χ0) is 20.1. The summed E-state index contributed by atoms with van der Waals surface area (Å²) in [6.45, 7) is 2.66. The number of nitrogens with one attached hydrogen (secondary N) is 1. The van der Waals surface area contributed by atoms with E-state index in [0.717, 1.165) is 22.0 Å². The average Bonchev–Trinajstić information content (AvgIpc) is 3.40. The standard InChI is InChI=1S/C23H21N3O2S/c1-2-28-21-13-7-6-11-18(21)24-22(27)15-26-14-8-12-20(26)23-25-19(16-29-23)17-9-4-3-5-10-17/h3-14,16H,2,15H2,1H3,(H,24,27). The summed E-state index contributed by atoms with van der Waals surface area (Å²) < 4.78 is 7.49. The number of thiazole rings is 1. The van der Waals surface area contributed by atoms with Gasteiger partial charge in [-0.25, -0.2) is 4.98 Å². The quantitative estimate of drug-likeness (QED) is 0.455. The lowest BCUT2D eigenvalue weighted by Gasteiger charge is -2.12. The smallest absolute Gasteiger partial charge is 0.244 e. The van der Waals surface area contributed by atoms with Crippen LogP contribution in [0, 0.1) is 0 Å². The summed E-state index contributed by atoms with van der Waals surface area (Å²) in [6, 6.07) is 21.4. The minimum atomic E-state index is -0.116. The molecule has 0 unspecified atom stereocenters. The van der Waals surface area contributed by atoms with Gasteiger partial charge >= 0.3 is 0 Å². The van der Waals surface area contributed by atoms with E-state index in [9.17, 15) is 4.79 Å². The van der Waals surface area contributed by atoms with Gasteiger partial charge in [0.25, 0.3) is 0 Å². The van der Waals surface area contributed by atoms with Crippen LogP contribution in [0.1, 0.15) is 6.92 Å². The zero-order valence-corrected chi connectivity index (χ0v) is 16.9. The van der Waals surface area contributed by atoms with E-state index < -0.39 is 0 Å². The van der Waals surface area contributed by atoms with Crippen LogP contribution in [0.2, 0.25) is 0 Å². The summed E-state index contributed by atoms with van der Waals surface area (Å²) in [5, 5.41) is 5.87. The van der Waals surface area contributed by atoms with Crippen molar-refractivity contribution in [3.05, 3.63) is 78.3 Å². The van der Waals surface area contributed by atoms with Gasteiger partial charge in [-0.2, -0.15) is 0 Å². The molecule has 0 aliphatic carbocycles. The molecule has 0 spiro atoms. The average molecular weight is 404 g/mol. The molecule has 1 N–H and O–H groups in total. The molecule has 2 heterocycles. The third-order valence-electron chi connectivity index (χ3n) is 4.40. The predicted molar refractivity (Wildman–Crippen MR) is 117 cm³/mol. The Morgan fingerprint density at radius 1 is 1.07 bits per heavy atom. The Balaban J connectivity index is 1.50. The maximum absolute atomic E-state index is 12.6. The zero-order valence-electron chi connectivity index (χ0n) is 16.0. The lowest BCUT2D eigenvalue weighted by molar-refractivity contribution is -0.116. The van der Waals surface area contributed by atoms with Crippen LogP contribution in [-0.2, 0) is 11.3 Å².